The molecule has 1 atom stereocenters. The summed E-state index contributed by atoms with van der Waals surface area (Å²) < 4.78 is 10.6. The number of nitrogens with zero attached hydrogens (tertiary/aromatic N) is 4. The standard InChI is InChI=1S/C20H25N5O4/c26-17(13-25-9-10-28-20(25)27)21-11-15-5-4-8-24(12-15)14-18-22-23-19(29-18)16-6-2-1-3-7-16/h1-3,6-7,15H,4-5,8-14H2,(H,21,26). The van der Waals surface area contributed by atoms with E-state index in [2.05, 4.69) is 20.4 Å². The lowest BCUT2D eigenvalue weighted by Gasteiger charge is -2.31. The number of amides is 2. The Morgan fingerprint density at radius 1 is 1.21 bits per heavy atom. The fraction of sp³-hybridized carbons (Fsp3) is 0.500. The minimum Gasteiger partial charge on any atom is -0.448 e. The van der Waals surface area contributed by atoms with E-state index in [0.29, 0.717) is 43.9 Å². The first-order chi connectivity index (χ1) is 14.2. The van der Waals surface area contributed by atoms with Gasteiger partial charge in [-0.2, -0.15) is 0 Å². The number of carbonyl (C=O) groups excluding carboxylic acids is 2. The van der Waals surface area contributed by atoms with Crippen molar-refractivity contribution in [2.45, 2.75) is 19.4 Å². The molecule has 2 aromatic rings. The Hall–Kier alpha value is -2.94. The molecule has 0 bridgehead atoms. The van der Waals surface area contributed by atoms with E-state index in [-0.39, 0.29) is 12.5 Å². The maximum absolute atomic E-state index is 12.1. The molecule has 2 saturated heterocycles. The van der Waals surface area contributed by atoms with Crippen LogP contribution in [0, 0.1) is 5.92 Å². The first kappa shape index (κ1) is 19.4. The number of hydrogen-bond donors (Lipinski definition) is 1. The topological polar surface area (TPSA) is 101 Å². The van der Waals surface area contributed by atoms with Gasteiger partial charge in [-0.3, -0.25) is 14.6 Å². The van der Waals surface area contributed by atoms with E-state index < -0.39 is 6.09 Å². The number of likely N-dealkylation sites (tertiary alicyclic amines) is 1. The Bertz CT molecular complexity index is 840. The molecule has 9 nitrogen and oxygen atoms in total. The van der Waals surface area contributed by atoms with Gasteiger partial charge in [-0.05, 0) is 37.4 Å². The minimum absolute atomic E-state index is 0.0551. The van der Waals surface area contributed by atoms with Crippen molar-refractivity contribution in [1.82, 2.24) is 25.3 Å². The molecule has 0 spiro atoms. The van der Waals surface area contributed by atoms with Crippen molar-refractivity contribution < 1.29 is 18.7 Å². The summed E-state index contributed by atoms with van der Waals surface area (Å²) in [5, 5.41) is 11.3. The molecular weight excluding hydrogens is 374 g/mol. The van der Waals surface area contributed by atoms with E-state index in [1.807, 2.05) is 30.3 Å². The maximum atomic E-state index is 12.1. The molecule has 4 rings (SSSR count). The molecule has 9 heteroatoms. The molecule has 0 radical (unpaired) electrons. The number of carbonyl (C=O) groups is 2. The lowest BCUT2D eigenvalue weighted by molar-refractivity contribution is -0.121. The molecule has 1 aromatic heterocycles. The van der Waals surface area contributed by atoms with E-state index in [1.54, 1.807) is 0 Å². The Morgan fingerprint density at radius 3 is 2.86 bits per heavy atom. The van der Waals surface area contributed by atoms with Crippen LogP contribution in [-0.2, 0) is 16.1 Å². The number of nitrogens with one attached hydrogen (secondary N) is 1. The molecule has 2 amide bonds. The van der Waals surface area contributed by atoms with E-state index in [1.165, 1.54) is 4.90 Å². The normalized spacial score (nSPS) is 19.9. The van der Waals surface area contributed by atoms with Crippen LogP contribution in [0.2, 0.25) is 0 Å². The van der Waals surface area contributed by atoms with Gasteiger partial charge in [0, 0.05) is 18.7 Å². The highest BCUT2D eigenvalue weighted by Crippen LogP contribution is 2.20. The van der Waals surface area contributed by atoms with Gasteiger partial charge in [-0.1, -0.05) is 18.2 Å². The molecule has 3 heterocycles. The smallest absolute Gasteiger partial charge is 0.410 e. The molecule has 2 aliphatic rings. The summed E-state index contributed by atoms with van der Waals surface area (Å²) in [6.45, 7) is 3.90. The first-order valence-corrected chi connectivity index (χ1v) is 9.96. The lowest BCUT2D eigenvalue weighted by atomic mass is 9.98. The Kier molecular flexibility index (Phi) is 6.04. The SMILES string of the molecule is O=C(CN1CCOC1=O)NCC1CCCN(Cc2nnc(-c3ccccc3)o2)C1. The van der Waals surface area contributed by atoms with Crippen LogP contribution in [-0.4, -0.2) is 71.3 Å². The van der Waals surface area contributed by atoms with Gasteiger partial charge in [0.25, 0.3) is 0 Å². The summed E-state index contributed by atoms with van der Waals surface area (Å²) in [6, 6.07) is 9.71. The van der Waals surface area contributed by atoms with Crippen LogP contribution in [0.15, 0.2) is 34.7 Å². The Labute approximate surface area is 169 Å². The third-order valence-electron chi connectivity index (χ3n) is 5.22. The zero-order chi connectivity index (χ0) is 20.1. The largest absolute Gasteiger partial charge is 0.448 e. The summed E-state index contributed by atoms with van der Waals surface area (Å²) in [6.07, 6.45) is 1.69. The second-order valence-electron chi connectivity index (χ2n) is 7.45. The van der Waals surface area contributed by atoms with Crippen LogP contribution >= 0.6 is 0 Å². The highest BCUT2D eigenvalue weighted by Gasteiger charge is 2.25. The van der Waals surface area contributed by atoms with Crippen LogP contribution in [0.5, 0.6) is 0 Å². The quantitative estimate of drug-likeness (QED) is 0.753. The number of benzene rings is 1. The van der Waals surface area contributed by atoms with Crippen molar-refractivity contribution >= 4 is 12.0 Å². The van der Waals surface area contributed by atoms with Crippen LogP contribution in [0.1, 0.15) is 18.7 Å². The summed E-state index contributed by atoms with van der Waals surface area (Å²) >= 11 is 0. The number of hydrogen-bond acceptors (Lipinski definition) is 7. The van der Waals surface area contributed by atoms with Crippen molar-refractivity contribution in [1.29, 1.82) is 0 Å². The average molecular weight is 399 g/mol. The van der Waals surface area contributed by atoms with E-state index in [9.17, 15) is 9.59 Å². The molecular formula is C20H25N5O4. The Morgan fingerprint density at radius 2 is 2.07 bits per heavy atom. The zero-order valence-corrected chi connectivity index (χ0v) is 16.2. The molecule has 0 aliphatic carbocycles. The second kappa shape index (κ2) is 9.04. The van der Waals surface area contributed by atoms with Crippen LogP contribution in [0.25, 0.3) is 11.5 Å². The number of cyclic esters (lactones) is 1. The fourth-order valence-electron chi connectivity index (χ4n) is 3.72. The van der Waals surface area contributed by atoms with Gasteiger partial charge in [-0.25, -0.2) is 4.79 Å². The average Bonchev–Trinajstić information content (AvgIpc) is 3.37. The van der Waals surface area contributed by atoms with Crippen molar-refractivity contribution in [2.24, 2.45) is 5.92 Å². The lowest BCUT2D eigenvalue weighted by Crippen LogP contribution is -2.43. The summed E-state index contributed by atoms with van der Waals surface area (Å²) in [7, 11) is 0. The predicted molar refractivity (Wildman–Crippen MR) is 104 cm³/mol. The van der Waals surface area contributed by atoms with Gasteiger partial charge in [0.15, 0.2) is 0 Å². The van der Waals surface area contributed by atoms with E-state index in [0.717, 1.165) is 31.5 Å². The van der Waals surface area contributed by atoms with Crippen molar-refractivity contribution in [3.05, 3.63) is 36.2 Å². The maximum Gasteiger partial charge on any atom is 0.410 e. The second-order valence-corrected chi connectivity index (χ2v) is 7.45. The van der Waals surface area contributed by atoms with Crippen molar-refractivity contribution in [2.75, 3.05) is 39.3 Å². The molecule has 2 fully saturated rings. The number of ether oxygens (including phenoxy) is 1. The monoisotopic (exact) mass is 399 g/mol. The van der Waals surface area contributed by atoms with Gasteiger partial charge in [0.1, 0.15) is 13.2 Å². The highest BCUT2D eigenvalue weighted by atomic mass is 16.6. The van der Waals surface area contributed by atoms with Gasteiger partial charge >= 0.3 is 6.09 Å². The Balaban J connectivity index is 1.24. The number of rotatable bonds is 7. The van der Waals surface area contributed by atoms with E-state index >= 15 is 0 Å². The third-order valence-corrected chi connectivity index (χ3v) is 5.22. The predicted octanol–water partition coefficient (Wildman–Crippen LogP) is 1.52. The molecule has 2 aliphatic heterocycles. The molecule has 1 aromatic carbocycles. The van der Waals surface area contributed by atoms with E-state index in [4.69, 9.17) is 9.15 Å². The van der Waals surface area contributed by atoms with Crippen LogP contribution in [0.4, 0.5) is 4.79 Å². The van der Waals surface area contributed by atoms with Gasteiger partial charge in [0.2, 0.25) is 17.7 Å². The number of aromatic nitrogens is 2. The van der Waals surface area contributed by atoms with Crippen LogP contribution in [0.3, 0.4) is 0 Å². The molecule has 1 N–H and O–H groups in total. The van der Waals surface area contributed by atoms with Gasteiger partial charge in [-0.15, -0.1) is 10.2 Å². The first-order valence-electron chi connectivity index (χ1n) is 9.96. The summed E-state index contributed by atoms with van der Waals surface area (Å²) in [4.78, 5) is 27.2. The van der Waals surface area contributed by atoms with Crippen molar-refractivity contribution in [3.8, 4) is 11.5 Å². The number of piperidine rings is 1. The van der Waals surface area contributed by atoms with Crippen molar-refractivity contribution in [3.63, 3.8) is 0 Å². The van der Waals surface area contributed by atoms with Crippen LogP contribution < -0.4 is 5.32 Å². The summed E-state index contributed by atoms with van der Waals surface area (Å²) in [5.74, 6) is 1.34. The third kappa shape index (κ3) is 5.11. The van der Waals surface area contributed by atoms with Gasteiger partial charge < -0.3 is 14.5 Å². The minimum atomic E-state index is -0.418. The molecule has 29 heavy (non-hydrogen) atoms. The molecule has 0 saturated carbocycles. The zero-order valence-electron chi connectivity index (χ0n) is 16.2. The molecule has 1 unspecified atom stereocenters. The molecule has 154 valence electrons. The fourth-order valence-corrected chi connectivity index (χ4v) is 3.72. The highest BCUT2D eigenvalue weighted by molar-refractivity contribution is 5.82. The summed E-state index contributed by atoms with van der Waals surface area (Å²) in [5.41, 5.74) is 0.910. The van der Waals surface area contributed by atoms with Gasteiger partial charge in [0.05, 0.1) is 13.1 Å².